The first-order chi connectivity index (χ1) is 13.9. The normalized spacial score (nSPS) is 15.4. The fraction of sp³-hybridized carbons (Fsp3) is 0.300. The molecule has 0 unspecified atom stereocenters. The number of hydrogen-bond donors (Lipinski definition) is 1. The summed E-state index contributed by atoms with van der Waals surface area (Å²) < 4.78 is 32.1. The average Bonchev–Trinajstić information content (AvgIpc) is 2.74. The maximum absolute atomic E-state index is 12.7. The third-order valence-corrected chi connectivity index (χ3v) is 6.39. The van der Waals surface area contributed by atoms with Crippen molar-refractivity contribution in [2.75, 3.05) is 45.3 Å². The number of sulfonamides is 1. The van der Waals surface area contributed by atoms with Gasteiger partial charge in [-0.3, -0.25) is 4.79 Å². The van der Waals surface area contributed by atoms with Gasteiger partial charge in [-0.1, -0.05) is 18.2 Å². The van der Waals surface area contributed by atoms with E-state index < -0.39 is 15.9 Å². The van der Waals surface area contributed by atoms with Crippen molar-refractivity contribution in [3.05, 3.63) is 59.7 Å². The van der Waals surface area contributed by atoms with Gasteiger partial charge in [0.1, 0.15) is 0 Å². The van der Waals surface area contributed by atoms with E-state index in [9.17, 15) is 13.2 Å². The molecular weight excluding hydrogens is 392 g/mol. The van der Waals surface area contributed by atoms with Crippen LogP contribution in [0.4, 0.5) is 5.69 Å². The molecule has 1 saturated heterocycles. The van der Waals surface area contributed by atoms with Gasteiger partial charge in [0, 0.05) is 38.4 Å². The van der Waals surface area contributed by atoms with Crippen LogP contribution in [0.2, 0.25) is 0 Å². The second kappa shape index (κ2) is 9.17. The van der Waals surface area contributed by atoms with Crippen LogP contribution in [0.3, 0.4) is 0 Å². The summed E-state index contributed by atoms with van der Waals surface area (Å²) in [6.07, 6.45) is 1.53. The van der Waals surface area contributed by atoms with E-state index in [1.807, 2.05) is 43.3 Å². The molecule has 8 nitrogen and oxygen atoms in total. The lowest BCUT2D eigenvalue weighted by Gasteiger charge is -2.26. The summed E-state index contributed by atoms with van der Waals surface area (Å²) in [6.45, 7) is 1.33. The Hall–Kier alpha value is -2.75. The molecule has 0 aromatic heterocycles. The third kappa shape index (κ3) is 5.20. The number of benzene rings is 2. The lowest BCUT2D eigenvalue weighted by atomic mass is 10.2. The van der Waals surface area contributed by atoms with Gasteiger partial charge in [0.2, 0.25) is 10.0 Å². The fourth-order valence-electron chi connectivity index (χ4n) is 2.82. The van der Waals surface area contributed by atoms with Gasteiger partial charge >= 0.3 is 0 Å². The molecule has 0 spiro atoms. The third-order valence-electron chi connectivity index (χ3n) is 4.49. The quantitative estimate of drug-likeness (QED) is 0.570. The second-order valence-corrected chi connectivity index (χ2v) is 8.67. The molecule has 1 aliphatic heterocycles. The van der Waals surface area contributed by atoms with Crippen LogP contribution in [-0.4, -0.2) is 65.2 Å². The molecular formula is C20H24N4O4S. The summed E-state index contributed by atoms with van der Waals surface area (Å²) in [4.78, 5) is 14.4. The molecule has 0 saturated carbocycles. The summed E-state index contributed by atoms with van der Waals surface area (Å²) in [5, 5.41) is 3.96. The Bertz CT molecular complexity index is 982. The van der Waals surface area contributed by atoms with Crippen LogP contribution in [-0.2, 0) is 14.8 Å². The van der Waals surface area contributed by atoms with Crippen LogP contribution in [0.5, 0.6) is 0 Å². The van der Waals surface area contributed by atoms with Crippen molar-refractivity contribution in [2.24, 2.45) is 5.10 Å². The van der Waals surface area contributed by atoms with E-state index in [2.05, 4.69) is 10.5 Å². The monoisotopic (exact) mass is 416 g/mol. The van der Waals surface area contributed by atoms with E-state index in [4.69, 9.17) is 4.74 Å². The van der Waals surface area contributed by atoms with Crippen molar-refractivity contribution in [3.8, 4) is 0 Å². The Kier molecular flexibility index (Phi) is 6.63. The SMILES string of the molecule is CN(C)c1ccc(/C=N/NC(=O)c2cccc(S(=O)(=O)N3CCOCC3)c2)cc1. The minimum atomic E-state index is -3.66. The zero-order valence-electron chi connectivity index (χ0n) is 16.4. The van der Waals surface area contributed by atoms with Gasteiger partial charge in [0.05, 0.1) is 24.3 Å². The van der Waals surface area contributed by atoms with E-state index in [0.717, 1.165) is 11.3 Å². The van der Waals surface area contributed by atoms with Crippen LogP contribution in [0.15, 0.2) is 58.5 Å². The van der Waals surface area contributed by atoms with E-state index in [0.29, 0.717) is 26.3 Å². The van der Waals surface area contributed by atoms with Crippen molar-refractivity contribution in [1.29, 1.82) is 0 Å². The molecule has 1 fully saturated rings. The highest BCUT2D eigenvalue weighted by Gasteiger charge is 2.26. The van der Waals surface area contributed by atoms with Crippen molar-refractivity contribution < 1.29 is 17.9 Å². The number of hydrazone groups is 1. The highest BCUT2D eigenvalue weighted by molar-refractivity contribution is 7.89. The Morgan fingerprint density at radius 1 is 1.14 bits per heavy atom. The molecule has 2 aromatic carbocycles. The van der Waals surface area contributed by atoms with Gasteiger partial charge in [-0.25, -0.2) is 13.8 Å². The lowest BCUT2D eigenvalue weighted by Crippen LogP contribution is -2.40. The molecule has 29 heavy (non-hydrogen) atoms. The van der Waals surface area contributed by atoms with Crippen molar-refractivity contribution in [2.45, 2.75) is 4.90 Å². The molecule has 1 N–H and O–H groups in total. The van der Waals surface area contributed by atoms with Gasteiger partial charge in [0.25, 0.3) is 5.91 Å². The largest absolute Gasteiger partial charge is 0.379 e. The minimum absolute atomic E-state index is 0.0790. The number of ether oxygens (including phenoxy) is 1. The predicted molar refractivity (Wildman–Crippen MR) is 112 cm³/mol. The minimum Gasteiger partial charge on any atom is -0.379 e. The van der Waals surface area contributed by atoms with Crippen molar-refractivity contribution in [1.82, 2.24) is 9.73 Å². The second-order valence-electron chi connectivity index (χ2n) is 6.73. The number of rotatable bonds is 6. The van der Waals surface area contributed by atoms with Crippen molar-refractivity contribution >= 4 is 27.8 Å². The Labute approximate surface area is 170 Å². The maximum atomic E-state index is 12.7. The lowest BCUT2D eigenvalue weighted by molar-refractivity contribution is 0.0730. The molecule has 1 aliphatic rings. The Balaban J connectivity index is 1.67. The number of carbonyl (C=O) groups excluding carboxylic acids is 1. The fourth-order valence-corrected chi connectivity index (χ4v) is 4.28. The summed E-state index contributed by atoms with van der Waals surface area (Å²) >= 11 is 0. The molecule has 3 rings (SSSR count). The van der Waals surface area contributed by atoms with Gasteiger partial charge in [-0.15, -0.1) is 0 Å². The number of amides is 1. The molecule has 1 heterocycles. The number of nitrogens with one attached hydrogen (secondary N) is 1. The highest BCUT2D eigenvalue weighted by Crippen LogP contribution is 2.18. The molecule has 0 radical (unpaired) electrons. The molecule has 0 atom stereocenters. The van der Waals surface area contributed by atoms with Gasteiger partial charge in [-0.2, -0.15) is 9.41 Å². The zero-order chi connectivity index (χ0) is 20.9. The van der Waals surface area contributed by atoms with Gasteiger partial charge in [0.15, 0.2) is 0 Å². The molecule has 154 valence electrons. The van der Waals surface area contributed by atoms with Gasteiger partial charge < -0.3 is 9.64 Å². The topological polar surface area (TPSA) is 91.3 Å². The van der Waals surface area contributed by atoms with Crippen LogP contribution in [0.1, 0.15) is 15.9 Å². The van der Waals surface area contributed by atoms with E-state index in [-0.39, 0.29) is 10.5 Å². The Morgan fingerprint density at radius 3 is 2.48 bits per heavy atom. The molecule has 2 aromatic rings. The Morgan fingerprint density at radius 2 is 1.83 bits per heavy atom. The standard InChI is InChI=1S/C20H24N4O4S/c1-23(2)18-8-6-16(7-9-18)15-21-22-20(25)17-4-3-5-19(14-17)29(26,27)24-10-12-28-13-11-24/h3-9,14-15H,10-13H2,1-2H3,(H,22,25)/b21-15+. The van der Waals surface area contributed by atoms with E-state index in [1.54, 1.807) is 12.1 Å². The van der Waals surface area contributed by atoms with Crippen LogP contribution < -0.4 is 10.3 Å². The highest BCUT2D eigenvalue weighted by atomic mass is 32.2. The zero-order valence-corrected chi connectivity index (χ0v) is 17.2. The summed E-state index contributed by atoms with van der Waals surface area (Å²) in [6, 6.07) is 13.6. The first kappa shape index (κ1) is 21.0. The predicted octanol–water partition coefficient (Wildman–Crippen LogP) is 1.54. The molecule has 9 heteroatoms. The first-order valence-electron chi connectivity index (χ1n) is 9.17. The maximum Gasteiger partial charge on any atom is 0.271 e. The summed E-state index contributed by atoms with van der Waals surface area (Å²) in [5.41, 5.74) is 4.55. The number of nitrogens with zero attached hydrogens (tertiary/aromatic N) is 3. The smallest absolute Gasteiger partial charge is 0.271 e. The first-order valence-corrected chi connectivity index (χ1v) is 10.6. The van der Waals surface area contributed by atoms with E-state index in [1.165, 1.54) is 22.7 Å². The van der Waals surface area contributed by atoms with Crippen LogP contribution in [0, 0.1) is 0 Å². The molecule has 0 aliphatic carbocycles. The van der Waals surface area contributed by atoms with Gasteiger partial charge in [-0.05, 0) is 35.9 Å². The number of morpholine rings is 1. The van der Waals surface area contributed by atoms with E-state index >= 15 is 0 Å². The summed E-state index contributed by atoms with van der Waals surface area (Å²) in [5.74, 6) is -0.481. The molecule has 1 amide bonds. The van der Waals surface area contributed by atoms with Crippen LogP contribution in [0.25, 0.3) is 0 Å². The van der Waals surface area contributed by atoms with Crippen molar-refractivity contribution in [3.63, 3.8) is 0 Å². The number of hydrogen-bond acceptors (Lipinski definition) is 6. The molecule has 0 bridgehead atoms. The summed E-state index contributed by atoms with van der Waals surface area (Å²) in [7, 11) is 0.248. The van der Waals surface area contributed by atoms with Crippen LogP contribution >= 0.6 is 0 Å². The number of anilines is 1. The average molecular weight is 417 g/mol. The number of carbonyl (C=O) groups is 1.